The number of carbonyl (C=O) groups is 2. The number of pyridine rings is 1. The van der Waals surface area contributed by atoms with Crippen molar-refractivity contribution in [3.63, 3.8) is 0 Å². The molecular weight excluding hydrogens is 350 g/mol. The van der Waals surface area contributed by atoms with E-state index in [1.54, 1.807) is 44.6 Å². The molecule has 1 aliphatic carbocycles. The van der Waals surface area contributed by atoms with Crippen LogP contribution in [0.1, 0.15) is 53.3 Å². The third-order valence-corrected chi connectivity index (χ3v) is 5.07. The highest BCUT2D eigenvalue weighted by molar-refractivity contribution is 6.01. The van der Waals surface area contributed by atoms with Gasteiger partial charge in [-0.25, -0.2) is 0 Å². The number of aromatic nitrogens is 1. The second-order valence-electron chi connectivity index (χ2n) is 7.40. The maximum Gasteiger partial charge on any atom is 0.255 e. The molecule has 2 aromatic rings. The second-order valence-corrected chi connectivity index (χ2v) is 7.40. The van der Waals surface area contributed by atoms with Crippen LogP contribution in [0.4, 0.5) is 0 Å². The number of nitrogens with zero attached hydrogens (tertiary/aromatic N) is 2. The fourth-order valence-corrected chi connectivity index (χ4v) is 3.49. The molecule has 0 spiro atoms. The molecule has 0 saturated carbocycles. The van der Waals surface area contributed by atoms with Crippen LogP contribution in [-0.4, -0.2) is 41.8 Å². The number of hydrogen-bond donors (Lipinski definition) is 1. The molecule has 0 fully saturated rings. The van der Waals surface area contributed by atoms with Crippen LogP contribution in [0.2, 0.25) is 0 Å². The average molecular weight is 377 g/mol. The predicted octanol–water partition coefficient (Wildman–Crippen LogP) is 4.07. The van der Waals surface area contributed by atoms with Crippen LogP contribution in [0.15, 0.2) is 54.2 Å². The number of amides is 2. The van der Waals surface area contributed by atoms with Gasteiger partial charge in [0.15, 0.2) is 0 Å². The predicted molar refractivity (Wildman–Crippen MR) is 111 cm³/mol. The fraction of sp³-hybridized carbons (Fsp3) is 0.348. The van der Waals surface area contributed by atoms with Gasteiger partial charge in [0.2, 0.25) is 0 Å². The first-order valence-corrected chi connectivity index (χ1v) is 9.74. The quantitative estimate of drug-likeness (QED) is 0.799. The number of benzene rings is 1. The van der Waals surface area contributed by atoms with Crippen molar-refractivity contribution < 1.29 is 9.59 Å². The number of nitrogens with one attached hydrogen (secondary N) is 1. The molecule has 0 saturated heterocycles. The minimum absolute atomic E-state index is 0.0252. The minimum Gasteiger partial charge on any atom is -0.346 e. The topological polar surface area (TPSA) is 62.3 Å². The van der Waals surface area contributed by atoms with E-state index in [1.807, 2.05) is 19.1 Å². The van der Waals surface area contributed by atoms with E-state index in [0.29, 0.717) is 16.8 Å². The van der Waals surface area contributed by atoms with E-state index in [-0.39, 0.29) is 17.9 Å². The number of rotatable bonds is 5. The third kappa shape index (κ3) is 4.47. The molecule has 0 radical (unpaired) electrons. The van der Waals surface area contributed by atoms with Gasteiger partial charge in [0, 0.05) is 37.5 Å². The summed E-state index contributed by atoms with van der Waals surface area (Å²) in [6.45, 7) is 2.03. The molecule has 146 valence electrons. The van der Waals surface area contributed by atoms with E-state index in [1.165, 1.54) is 23.3 Å². The van der Waals surface area contributed by atoms with Crippen molar-refractivity contribution >= 4 is 11.8 Å². The van der Waals surface area contributed by atoms with Gasteiger partial charge in [-0.15, -0.1) is 0 Å². The van der Waals surface area contributed by atoms with E-state index in [2.05, 4.69) is 16.4 Å². The number of carbonyl (C=O) groups excluding carboxylic acids is 2. The number of allylic oxidation sites excluding steroid dienone is 1. The largest absolute Gasteiger partial charge is 0.346 e. The van der Waals surface area contributed by atoms with Crippen LogP contribution in [0.3, 0.4) is 0 Å². The zero-order valence-electron chi connectivity index (χ0n) is 16.7. The summed E-state index contributed by atoms with van der Waals surface area (Å²) in [5, 5.41) is 3.10. The van der Waals surface area contributed by atoms with Crippen molar-refractivity contribution in [1.82, 2.24) is 15.2 Å². The van der Waals surface area contributed by atoms with Gasteiger partial charge in [0.25, 0.3) is 11.8 Å². The van der Waals surface area contributed by atoms with Gasteiger partial charge in [0.05, 0.1) is 11.3 Å². The van der Waals surface area contributed by atoms with Crippen molar-refractivity contribution in [2.24, 2.45) is 0 Å². The summed E-state index contributed by atoms with van der Waals surface area (Å²) in [4.78, 5) is 31.2. The molecule has 5 nitrogen and oxygen atoms in total. The van der Waals surface area contributed by atoms with Gasteiger partial charge in [0.1, 0.15) is 0 Å². The lowest BCUT2D eigenvalue weighted by molar-refractivity contribution is 0.0827. The highest BCUT2D eigenvalue weighted by Gasteiger charge is 2.18. The maximum atomic E-state index is 12.8. The molecule has 1 heterocycles. The van der Waals surface area contributed by atoms with Gasteiger partial charge < -0.3 is 10.2 Å². The van der Waals surface area contributed by atoms with Gasteiger partial charge in [-0.1, -0.05) is 23.8 Å². The first-order chi connectivity index (χ1) is 13.5. The molecule has 1 N–H and O–H groups in total. The smallest absolute Gasteiger partial charge is 0.255 e. The Bertz CT molecular complexity index is 902. The number of hydrogen-bond acceptors (Lipinski definition) is 3. The van der Waals surface area contributed by atoms with Crippen molar-refractivity contribution in [3.8, 4) is 11.3 Å². The molecule has 0 bridgehead atoms. The Morgan fingerprint density at radius 1 is 1.14 bits per heavy atom. The monoisotopic (exact) mass is 377 g/mol. The van der Waals surface area contributed by atoms with Crippen LogP contribution in [0.5, 0.6) is 0 Å². The Balaban J connectivity index is 1.84. The normalized spacial score (nSPS) is 14.8. The first-order valence-electron chi connectivity index (χ1n) is 9.74. The summed E-state index contributed by atoms with van der Waals surface area (Å²) in [5.41, 5.74) is 3.72. The Morgan fingerprint density at radius 3 is 2.68 bits per heavy atom. The third-order valence-electron chi connectivity index (χ3n) is 5.07. The molecule has 1 aliphatic rings. The van der Waals surface area contributed by atoms with Crippen molar-refractivity contribution in [2.45, 2.75) is 38.6 Å². The zero-order valence-corrected chi connectivity index (χ0v) is 16.7. The van der Waals surface area contributed by atoms with Gasteiger partial charge in [-0.2, -0.15) is 0 Å². The van der Waals surface area contributed by atoms with Crippen LogP contribution in [-0.2, 0) is 0 Å². The molecule has 1 atom stereocenters. The summed E-state index contributed by atoms with van der Waals surface area (Å²) in [6, 6.07) is 10.8. The Labute approximate surface area is 166 Å². The highest BCUT2D eigenvalue weighted by atomic mass is 16.2. The van der Waals surface area contributed by atoms with Crippen LogP contribution in [0.25, 0.3) is 11.3 Å². The van der Waals surface area contributed by atoms with Crippen molar-refractivity contribution in [1.29, 1.82) is 0 Å². The molecule has 1 aromatic heterocycles. The summed E-state index contributed by atoms with van der Waals surface area (Å²) >= 11 is 0. The van der Waals surface area contributed by atoms with Gasteiger partial charge in [-0.05, 0) is 56.9 Å². The molecular formula is C23H27N3O2. The fourth-order valence-electron chi connectivity index (χ4n) is 3.49. The molecule has 3 rings (SSSR count). The lowest BCUT2D eigenvalue weighted by Crippen LogP contribution is -2.34. The van der Waals surface area contributed by atoms with E-state index in [0.717, 1.165) is 18.4 Å². The molecule has 0 unspecified atom stereocenters. The zero-order chi connectivity index (χ0) is 20.1. The lowest BCUT2D eigenvalue weighted by atomic mass is 9.94. The molecule has 2 amide bonds. The van der Waals surface area contributed by atoms with Crippen molar-refractivity contribution in [3.05, 3.63) is 65.4 Å². The molecule has 5 heteroatoms. The summed E-state index contributed by atoms with van der Waals surface area (Å²) in [7, 11) is 3.43. The maximum absolute atomic E-state index is 12.8. The van der Waals surface area contributed by atoms with E-state index >= 15 is 0 Å². The van der Waals surface area contributed by atoms with E-state index in [4.69, 9.17) is 0 Å². The van der Waals surface area contributed by atoms with Crippen LogP contribution < -0.4 is 5.32 Å². The van der Waals surface area contributed by atoms with E-state index in [9.17, 15) is 9.59 Å². The van der Waals surface area contributed by atoms with Crippen LogP contribution >= 0.6 is 0 Å². The SMILES string of the molecule is C[C@H](NC(=O)c1cccc(-c2ncccc2C(=O)N(C)C)c1)C1=CCCCC1. The Hall–Kier alpha value is -2.95. The Morgan fingerprint density at radius 2 is 1.96 bits per heavy atom. The van der Waals surface area contributed by atoms with E-state index < -0.39 is 0 Å². The van der Waals surface area contributed by atoms with Crippen molar-refractivity contribution in [2.75, 3.05) is 14.1 Å². The standard InChI is InChI=1S/C23H27N3O2/c1-16(17-9-5-4-6-10-17)25-22(27)19-12-7-11-18(15-19)21-20(13-8-14-24-21)23(28)26(2)3/h7-9,11-16H,4-6,10H2,1-3H3,(H,25,27)/t16-/m0/s1. The minimum atomic E-state index is -0.115. The summed E-state index contributed by atoms with van der Waals surface area (Å²) in [6.07, 6.45) is 8.46. The summed E-state index contributed by atoms with van der Waals surface area (Å²) in [5.74, 6) is -0.229. The molecule has 1 aromatic carbocycles. The first kappa shape index (κ1) is 19.8. The summed E-state index contributed by atoms with van der Waals surface area (Å²) < 4.78 is 0. The Kier molecular flexibility index (Phi) is 6.24. The average Bonchev–Trinajstić information content (AvgIpc) is 2.73. The van der Waals surface area contributed by atoms with Crippen LogP contribution in [0, 0.1) is 0 Å². The lowest BCUT2D eigenvalue weighted by Gasteiger charge is -2.21. The highest BCUT2D eigenvalue weighted by Crippen LogP contribution is 2.24. The van der Waals surface area contributed by atoms with Gasteiger partial charge in [-0.3, -0.25) is 14.6 Å². The molecule has 0 aliphatic heterocycles. The molecule has 28 heavy (non-hydrogen) atoms. The second kappa shape index (κ2) is 8.83. The van der Waals surface area contributed by atoms with Gasteiger partial charge >= 0.3 is 0 Å².